The summed E-state index contributed by atoms with van der Waals surface area (Å²) in [5, 5.41) is 12.0. The summed E-state index contributed by atoms with van der Waals surface area (Å²) in [5.41, 5.74) is -0.0169. The number of aromatic nitrogens is 1. The van der Waals surface area contributed by atoms with Gasteiger partial charge in [-0.25, -0.2) is 0 Å². The molecule has 92 valence electrons. The third kappa shape index (κ3) is 3.71. The van der Waals surface area contributed by atoms with Crippen LogP contribution in [-0.4, -0.2) is 34.9 Å². The van der Waals surface area contributed by atoms with Gasteiger partial charge in [-0.15, -0.1) is 11.8 Å². The molecule has 1 aliphatic carbocycles. The van der Waals surface area contributed by atoms with E-state index in [1.807, 2.05) is 12.1 Å². The molecule has 1 aliphatic rings. The number of amides is 1. The molecule has 1 heterocycles. The molecule has 2 N–H and O–H groups in total. The van der Waals surface area contributed by atoms with Crippen molar-refractivity contribution in [3.63, 3.8) is 0 Å². The Morgan fingerprint density at radius 2 is 2.18 bits per heavy atom. The predicted octanol–water partition coefficient (Wildman–Crippen LogP) is 1.06. The molecule has 0 bridgehead atoms. The van der Waals surface area contributed by atoms with Gasteiger partial charge in [0.25, 0.3) is 0 Å². The maximum Gasteiger partial charge on any atom is 0.230 e. The summed E-state index contributed by atoms with van der Waals surface area (Å²) in [4.78, 5) is 16.5. The first-order chi connectivity index (χ1) is 8.24. The lowest BCUT2D eigenvalue weighted by atomic mass is 10.1. The molecule has 0 aliphatic heterocycles. The van der Waals surface area contributed by atoms with Crippen LogP contribution in [-0.2, 0) is 4.79 Å². The van der Waals surface area contributed by atoms with Gasteiger partial charge >= 0.3 is 0 Å². The Kier molecular flexibility index (Phi) is 4.02. The quantitative estimate of drug-likeness (QED) is 0.743. The van der Waals surface area contributed by atoms with Crippen LogP contribution in [0.3, 0.4) is 0 Å². The van der Waals surface area contributed by atoms with E-state index in [9.17, 15) is 4.79 Å². The van der Waals surface area contributed by atoms with E-state index in [-0.39, 0.29) is 17.9 Å². The van der Waals surface area contributed by atoms with Crippen molar-refractivity contribution in [2.75, 3.05) is 18.9 Å². The predicted molar refractivity (Wildman–Crippen MR) is 66.7 cm³/mol. The standard InChI is InChI=1S/C12H16N2O2S/c15-9-12(3-4-12)8-14-11(16)7-17-10-1-5-13-6-2-10/h1-2,5-6,15H,3-4,7-9H2,(H,14,16). The molecule has 2 rings (SSSR count). The van der Waals surface area contributed by atoms with Crippen LogP contribution >= 0.6 is 11.8 Å². The van der Waals surface area contributed by atoms with E-state index in [0.29, 0.717) is 12.3 Å². The molecule has 0 atom stereocenters. The summed E-state index contributed by atoms with van der Waals surface area (Å²) in [5.74, 6) is 0.428. The van der Waals surface area contributed by atoms with Crippen molar-refractivity contribution in [3.8, 4) is 0 Å². The smallest absolute Gasteiger partial charge is 0.230 e. The number of thioether (sulfide) groups is 1. The number of rotatable bonds is 6. The molecular weight excluding hydrogens is 236 g/mol. The molecule has 1 fully saturated rings. The molecule has 0 saturated heterocycles. The van der Waals surface area contributed by atoms with Gasteiger partial charge in [-0.3, -0.25) is 9.78 Å². The molecule has 1 amide bonds. The molecular formula is C12H16N2O2S. The van der Waals surface area contributed by atoms with E-state index < -0.39 is 0 Å². The highest BCUT2D eigenvalue weighted by Crippen LogP contribution is 2.44. The van der Waals surface area contributed by atoms with Crippen LogP contribution in [0.4, 0.5) is 0 Å². The average molecular weight is 252 g/mol. The number of nitrogens with one attached hydrogen (secondary N) is 1. The molecule has 0 radical (unpaired) electrons. The van der Waals surface area contributed by atoms with Gasteiger partial charge in [0.1, 0.15) is 0 Å². The lowest BCUT2D eigenvalue weighted by Gasteiger charge is -2.12. The molecule has 1 saturated carbocycles. The van der Waals surface area contributed by atoms with Gasteiger partial charge in [-0.2, -0.15) is 0 Å². The number of carbonyl (C=O) groups excluding carboxylic acids is 1. The van der Waals surface area contributed by atoms with E-state index in [0.717, 1.165) is 17.7 Å². The van der Waals surface area contributed by atoms with Crippen LogP contribution in [0.2, 0.25) is 0 Å². The van der Waals surface area contributed by atoms with Crippen molar-refractivity contribution in [1.82, 2.24) is 10.3 Å². The second-order valence-electron chi connectivity index (χ2n) is 4.41. The fraction of sp³-hybridized carbons (Fsp3) is 0.500. The minimum absolute atomic E-state index is 0.0169. The first kappa shape index (κ1) is 12.4. The zero-order valence-electron chi connectivity index (χ0n) is 9.56. The molecule has 1 aromatic heterocycles. The number of aliphatic hydroxyl groups excluding tert-OH is 1. The van der Waals surface area contributed by atoms with Gasteiger partial charge in [0.05, 0.1) is 12.4 Å². The van der Waals surface area contributed by atoms with Crippen molar-refractivity contribution >= 4 is 17.7 Å². The SMILES string of the molecule is O=C(CSc1ccncc1)NCC1(CO)CC1. The van der Waals surface area contributed by atoms with Gasteiger partial charge < -0.3 is 10.4 Å². The summed E-state index contributed by atoms with van der Waals surface area (Å²) in [6.07, 6.45) is 5.46. The second kappa shape index (κ2) is 5.51. The minimum Gasteiger partial charge on any atom is -0.396 e. The highest BCUT2D eigenvalue weighted by Gasteiger charge is 2.41. The van der Waals surface area contributed by atoms with Gasteiger partial charge in [0.15, 0.2) is 0 Å². The first-order valence-electron chi connectivity index (χ1n) is 5.64. The van der Waals surface area contributed by atoms with Gasteiger partial charge in [-0.1, -0.05) is 0 Å². The summed E-state index contributed by atoms with van der Waals surface area (Å²) in [7, 11) is 0. The fourth-order valence-corrected chi connectivity index (χ4v) is 2.20. The van der Waals surface area contributed by atoms with Crippen molar-refractivity contribution in [2.24, 2.45) is 5.41 Å². The number of hydrogen-bond acceptors (Lipinski definition) is 4. The monoisotopic (exact) mass is 252 g/mol. The fourth-order valence-electron chi connectivity index (χ4n) is 1.49. The molecule has 0 aromatic carbocycles. The second-order valence-corrected chi connectivity index (χ2v) is 5.46. The minimum atomic E-state index is -0.0169. The zero-order chi connectivity index (χ0) is 12.1. The van der Waals surface area contributed by atoms with E-state index >= 15 is 0 Å². The summed E-state index contributed by atoms with van der Waals surface area (Å²) >= 11 is 1.49. The van der Waals surface area contributed by atoms with E-state index in [1.165, 1.54) is 11.8 Å². The van der Waals surface area contributed by atoms with Crippen LogP contribution in [0, 0.1) is 5.41 Å². The number of aliphatic hydroxyl groups is 1. The highest BCUT2D eigenvalue weighted by atomic mass is 32.2. The van der Waals surface area contributed by atoms with Crippen LogP contribution < -0.4 is 5.32 Å². The average Bonchev–Trinajstić information content (AvgIpc) is 3.16. The molecule has 1 aromatic rings. The summed E-state index contributed by atoms with van der Waals surface area (Å²) in [6.45, 7) is 0.768. The van der Waals surface area contributed by atoms with Crippen molar-refractivity contribution in [3.05, 3.63) is 24.5 Å². The molecule has 0 unspecified atom stereocenters. The van der Waals surface area contributed by atoms with E-state index in [2.05, 4.69) is 10.3 Å². The molecule has 17 heavy (non-hydrogen) atoms. The first-order valence-corrected chi connectivity index (χ1v) is 6.63. The van der Waals surface area contributed by atoms with Gasteiger partial charge in [-0.05, 0) is 25.0 Å². The lowest BCUT2D eigenvalue weighted by molar-refractivity contribution is -0.118. The van der Waals surface area contributed by atoms with E-state index in [4.69, 9.17) is 5.11 Å². The van der Waals surface area contributed by atoms with Crippen LogP contribution in [0.25, 0.3) is 0 Å². The van der Waals surface area contributed by atoms with Crippen molar-refractivity contribution in [2.45, 2.75) is 17.7 Å². The van der Waals surface area contributed by atoms with Crippen LogP contribution in [0.1, 0.15) is 12.8 Å². The summed E-state index contributed by atoms with van der Waals surface area (Å²) in [6, 6.07) is 3.77. The van der Waals surface area contributed by atoms with Gasteiger partial charge in [0.2, 0.25) is 5.91 Å². The van der Waals surface area contributed by atoms with Crippen molar-refractivity contribution in [1.29, 1.82) is 0 Å². The zero-order valence-corrected chi connectivity index (χ0v) is 10.4. The number of pyridine rings is 1. The highest BCUT2D eigenvalue weighted by molar-refractivity contribution is 8.00. The van der Waals surface area contributed by atoms with Crippen molar-refractivity contribution < 1.29 is 9.90 Å². The lowest BCUT2D eigenvalue weighted by Crippen LogP contribution is -2.32. The van der Waals surface area contributed by atoms with Gasteiger partial charge in [0, 0.05) is 29.2 Å². The Bertz CT molecular complexity index is 379. The normalized spacial score (nSPS) is 16.5. The Morgan fingerprint density at radius 3 is 2.76 bits per heavy atom. The number of hydrogen-bond donors (Lipinski definition) is 2. The molecule has 0 spiro atoms. The summed E-state index contributed by atoms with van der Waals surface area (Å²) < 4.78 is 0. The maximum absolute atomic E-state index is 11.6. The van der Waals surface area contributed by atoms with E-state index in [1.54, 1.807) is 12.4 Å². The topological polar surface area (TPSA) is 62.2 Å². The van der Waals surface area contributed by atoms with Crippen LogP contribution in [0.5, 0.6) is 0 Å². The molecule has 5 heteroatoms. The Morgan fingerprint density at radius 1 is 1.47 bits per heavy atom. The third-order valence-corrected chi connectivity index (χ3v) is 3.98. The Balaban J connectivity index is 1.68. The number of carbonyl (C=O) groups is 1. The number of nitrogens with zero attached hydrogens (tertiary/aromatic N) is 1. The van der Waals surface area contributed by atoms with Crippen LogP contribution in [0.15, 0.2) is 29.4 Å². The Hall–Kier alpha value is -1.07. The Labute approximate surface area is 105 Å². The largest absolute Gasteiger partial charge is 0.396 e. The molecule has 4 nitrogen and oxygen atoms in total. The maximum atomic E-state index is 11.6. The third-order valence-electron chi connectivity index (χ3n) is 2.97.